The van der Waals surface area contributed by atoms with Gasteiger partial charge in [-0.25, -0.2) is 0 Å². The molecule has 7 heteroatoms. The highest BCUT2D eigenvalue weighted by atomic mass is 32.1. The maximum atomic E-state index is 5.92. The Bertz CT molecular complexity index is 863. The van der Waals surface area contributed by atoms with E-state index >= 15 is 0 Å². The van der Waals surface area contributed by atoms with Gasteiger partial charge in [-0.3, -0.25) is 4.90 Å². The van der Waals surface area contributed by atoms with Crippen molar-refractivity contribution in [3.63, 3.8) is 0 Å². The average molecular weight is 352 g/mol. The summed E-state index contributed by atoms with van der Waals surface area (Å²) in [5.41, 5.74) is 8.26. The summed E-state index contributed by atoms with van der Waals surface area (Å²) in [7, 11) is 0. The van der Waals surface area contributed by atoms with Gasteiger partial charge in [0.05, 0.1) is 6.04 Å². The quantitative estimate of drug-likeness (QED) is 0.749. The van der Waals surface area contributed by atoms with E-state index in [0.717, 1.165) is 25.2 Å². The van der Waals surface area contributed by atoms with Crippen LogP contribution in [0, 0.1) is 0 Å². The van der Waals surface area contributed by atoms with Gasteiger partial charge in [-0.15, -0.1) is 11.3 Å². The fourth-order valence-electron chi connectivity index (χ4n) is 3.07. The largest absolute Gasteiger partial charge is 0.368 e. The molecule has 128 valence electrons. The first-order chi connectivity index (χ1) is 12.2. The molecule has 0 saturated heterocycles. The molecule has 0 aliphatic carbocycles. The first kappa shape index (κ1) is 16.0. The predicted octanol–water partition coefficient (Wildman–Crippen LogP) is 3.38. The number of hydrogen-bond acceptors (Lipinski definition) is 7. The van der Waals surface area contributed by atoms with Gasteiger partial charge in [-0.1, -0.05) is 18.2 Å². The van der Waals surface area contributed by atoms with Gasteiger partial charge in [0.1, 0.15) is 0 Å². The second kappa shape index (κ2) is 6.78. The first-order valence-electron chi connectivity index (χ1n) is 8.32. The third-order valence-corrected chi connectivity index (χ3v) is 5.48. The second-order valence-corrected chi connectivity index (χ2v) is 7.13. The molecule has 1 aliphatic rings. The van der Waals surface area contributed by atoms with Crippen LogP contribution in [0.15, 0.2) is 41.8 Å². The SMILES string of the molecule is CC(c1nc(N)nc(Nc2ccccc2)n1)N1CCc2sccc2C1. The number of para-hydroxylation sites is 1. The molecule has 6 nitrogen and oxygen atoms in total. The zero-order valence-electron chi connectivity index (χ0n) is 14.0. The van der Waals surface area contributed by atoms with E-state index in [1.165, 1.54) is 10.4 Å². The number of nitrogens with two attached hydrogens (primary N) is 1. The molecule has 3 heterocycles. The maximum absolute atomic E-state index is 5.92. The summed E-state index contributed by atoms with van der Waals surface area (Å²) >= 11 is 1.84. The van der Waals surface area contributed by atoms with E-state index in [-0.39, 0.29) is 12.0 Å². The molecule has 1 aromatic carbocycles. The Labute approximate surface area is 150 Å². The molecule has 1 atom stereocenters. The lowest BCUT2D eigenvalue weighted by Gasteiger charge is -2.31. The molecule has 0 bridgehead atoms. The van der Waals surface area contributed by atoms with E-state index < -0.39 is 0 Å². The lowest BCUT2D eigenvalue weighted by Crippen LogP contribution is -2.33. The Morgan fingerprint density at radius 3 is 2.84 bits per heavy atom. The summed E-state index contributed by atoms with van der Waals surface area (Å²) in [6.07, 6.45) is 1.08. The minimum absolute atomic E-state index is 0.0784. The third-order valence-electron chi connectivity index (χ3n) is 4.46. The Hall–Kier alpha value is -2.51. The summed E-state index contributed by atoms with van der Waals surface area (Å²) < 4.78 is 0. The number of rotatable bonds is 4. The fourth-order valence-corrected chi connectivity index (χ4v) is 3.96. The van der Waals surface area contributed by atoms with Crippen molar-refractivity contribution in [2.24, 2.45) is 0 Å². The highest BCUT2D eigenvalue weighted by molar-refractivity contribution is 7.10. The van der Waals surface area contributed by atoms with Crippen LogP contribution in [0.2, 0.25) is 0 Å². The van der Waals surface area contributed by atoms with Crippen LogP contribution >= 0.6 is 11.3 Å². The van der Waals surface area contributed by atoms with Crippen LogP contribution in [0.5, 0.6) is 0 Å². The highest BCUT2D eigenvalue weighted by Gasteiger charge is 2.24. The minimum Gasteiger partial charge on any atom is -0.368 e. The standard InChI is InChI=1S/C18H20N6S/c1-12(24-9-7-15-13(11-24)8-10-25-15)16-21-17(19)23-18(22-16)20-14-5-3-2-4-6-14/h2-6,8,10,12H,7,9,11H2,1H3,(H3,19,20,21,22,23). The smallest absolute Gasteiger partial charge is 0.232 e. The molecular weight excluding hydrogens is 332 g/mol. The number of aromatic nitrogens is 3. The molecule has 0 saturated carbocycles. The molecule has 1 unspecified atom stereocenters. The Morgan fingerprint density at radius 1 is 1.16 bits per heavy atom. The van der Waals surface area contributed by atoms with Gasteiger partial charge in [-0.2, -0.15) is 15.0 Å². The van der Waals surface area contributed by atoms with Crippen molar-refractivity contribution < 1.29 is 0 Å². The number of nitrogens with one attached hydrogen (secondary N) is 1. The van der Waals surface area contributed by atoms with Crippen LogP contribution < -0.4 is 11.1 Å². The molecule has 25 heavy (non-hydrogen) atoms. The number of nitrogens with zero attached hydrogens (tertiary/aromatic N) is 4. The third kappa shape index (κ3) is 3.47. The lowest BCUT2D eigenvalue weighted by molar-refractivity contribution is 0.186. The molecule has 0 radical (unpaired) electrons. The summed E-state index contributed by atoms with van der Waals surface area (Å²) in [4.78, 5) is 17.1. The zero-order valence-corrected chi connectivity index (χ0v) is 14.8. The molecule has 0 amide bonds. The van der Waals surface area contributed by atoms with Crippen molar-refractivity contribution in [1.82, 2.24) is 19.9 Å². The normalized spacial score (nSPS) is 15.6. The van der Waals surface area contributed by atoms with E-state index in [0.29, 0.717) is 11.8 Å². The van der Waals surface area contributed by atoms with Crippen molar-refractivity contribution >= 4 is 28.9 Å². The van der Waals surface area contributed by atoms with Gasteiger partial charge in [0.2, 0.25) is 11.9 Å². The van der Waals surface area contributed by atoms with Crippen LogP contribution in [0.25, 0.3) is 0 Å². The summed E-state index contributed by atoms with van der Waals surface area (Å²) in [6, 6.07) is 12.1. The van der Waals surface area contributed by atoms with Crippen molar-refractivity contribution in [2.75, 3.05) is 17.6 Å². The number of anilines is 3. The Kier molecular flexibility index (Phi) is 4.33. The summed E-state index contributed by atoms with van der Waals surface area (Å²) in [5, 5.41) is 5.36. The van der Waals surface area contributed by atoms with E-state index in [1.807, 2.05) is 41.7 Å². The van der Waals surface area contributed by atoms with Crippen LogP contribution in [-0.4, -0.2) is 26.4 Å². The monoisotopic (exact) mass is 352 g/mol. The number of fused-ring (bicyclic) bond motifs is 1. The number of nitrogen functional groups attached to an aromatic ring is 1. The van der Waals surface area contributed by atoms with E-state index in [9.17, 15) is 0 Å². The molecule has 0 fully saturated rings. The van der Waals surface area contributed by atoms with Gasteiger partial charge in [-0.05, 0) is 42.5 Å². The molecular formula is C18H20N6S. The average Bonchev–Trinajstić information content (AvgIpc) is 3.09. The predicted molar refractivity (Wildman–Crippen MR) is 101 cm³/mol. The van der Waals surface area contributed by atoms with Gasteiger partial charge < -0.3 is 11.1 Å². The molecule has 4 rings (SSSR count). The number of benzene rings is 1. The first-order valence-corrected chi connectivity index (χ1v) is 9.20. The number of thiophene rings is 1. The van der Waals surface area contributed by atoms with Crippen molar-refractivity contribution in [3.8, 4) is 0 Å². The maximum Gasteiger partial charge on any atom is 0.232 e. The van der Waals surface area contributed by atoms with Crippen LogP contribution in [0.4, 0.5) is 17.6 Å². The lowest BCUT2D eigenvalue weighted by atomic mass is 10.1. The van der Waals surface area contributed by atoms with Gasteiger partial charge in [0.25, 0.3) is 0 Å². The second-order valence-electron chi connectivity index (χ2n) is 6.13. The van der Waals surface area contributed by atoms with Crippen LogP contribution in [-0.2, 0) is 13.0 Å². The number of hydrogen-bond donors (Lipinski definition) is 2. The van der Waals surface area contributed by atoms with Crippen molar-refractivity contribution in [3.05, 3.63) is 58.0 Å². The highest BCUT2D eigenvalue weighted by Crippen LogP contribution is 2.29. The van der Waals surface area contributed by atoms with Gasteiger partial charge >= 0.3 is 0 Å². The Balaban J connectivity index is 1.55. The van der Waals surface area contributed by atoms with Gasteiger partial charge in [0, 0.05) is 23.7 Å². The summed E-state index contributed by atoms with van der Waals surface area (Å²) in [6.45, 7) is 4.05. The van der Waals surface area contributed by atoms with Crippen LogP contribution in [0.1, 0.15) is 29.2 Å². The molecule has 3 aromatic rings. The molecule has 2 aromatic heterocycles. The van der Waals surface area contributed by atoms with Crippen LogP contribution in [0.3, 0.4) is 0 Å². The molecule has 3 N–H and O–H groups in total. The van der Waals surface area contributed by atoms with E-state index in [1.54, 1.807) is 0 Å². The van der Waals surface area contributed by atoms with Crippen molar-refractivity contribution in [1.29, 1.82) is 0 Å². The van der Waals surface area contributed by atoms with Gasteiger partial charge in [0.15, 0.2) is 5.82 Å². The Morgan fingerprint density at radius 2 is 2.00 bits per heavy atom. The molecule has 0 spiro atoms. The fraction of sp³-hybridized carbons (Fsp3) is 0.278. The summed E-state index contributed by atoms with van der Waals surface area (Å²) in [5.74, 6) is 1.42. The van der Waals surface area contributed by atoms with Crippen molar-refractivity contribution in [2.45, 2.75) is 25.9 Å². The van der Waals surface area contributed by atoms with E-state index in [2.05, 4.69) is 43.5 Å². The minimum atomic E-state index is 0.0784. The topological polar surface area (TPSA) is 80.0 Å². The zero-order chi connectivity index (χ0) is 17.2. The molecule has 1 aliphatic heterocycles. The van der Waals surface area contributed by atoms with E-state index in [4.69, 9.17) is 5.73 Å².